The number of aromatic hydroxyl groups is 1. The Morgan fingerprint density at radius 3 is 2.12 bits per heavy atom. The summed E-state index contributed by atoms with van der Waals surface area (Å²) in [5.41, 5.74) is 1.09. The van der Waals surface area contributed by atoms with Crippen molar-refractivity contribution in [2.24, 2.45) is 0 Å². The van der Waals surface area contributed by atoms with Gasteiger partial charge < -0.3 is 5.11 Å². The third kappa shape index (κ3) is 8.07. The molecule has 1 N–H and O–H groups in total. The Morgan fingerprint density at radius 2 is 1.47 bits per heavy atom. The second-order valence-corrected chi connectivity index (χ2v) is 4.50. The van der Waals surface area contributed by atoms with E-state index >= 15 is 0 Å². The molecule has 0 fully saturated rings. The molecule has 0 atom stereocenters. The fourth-order valence-corrected chi connectivity index (χ4v) is 1.99. The van der Waals surface area contributed by atoms with Gasteiger partial charge in [0.1, 0.15) is 5.75 Å². The van der Waals surface area contributed by atoms with Gasteiger partial charge in [-0.1, -0.05) is 63.6 Å². The van der Waals surface area contributed by atoms with E-state index in [2.05, 4.69) is 6.92 Å². The van der Waals surface area contributed by atoms with E-state index in [0.717, 1.165) is 12.0 Å². The fourth-order valence-electron chi connectivity index (χ4n) is 1.99. The number of hydrogen-bond acceptors (Lipinski definition) is 1. The molecule has 0 radical (unpaired) electrons. The first kappa shape index (κ1) is 17.3. The summed E-state index contributed by atoms with van der Waals surface area (Å²) in [5.74, 6) is 0.452. The molecule has 0 heterocycles. The van der Waals surface area contributed by atoms with Gasteiger partial charge in [0.15, 0.2) is 0 Å². The maximum atomic E-state index is 9.58. The molecule has 0 unspecified atom stereocenters. The summed E-state index contributed by atoms with van der Waals surface area (Å²) >= 11 is 0. The summed E-state index contributed by atoms with van der Waals surface area (Å²) in [6.45, 7) is 2.25. The van der Waals surface area contributed by atoms with Crippen LogP contribution in [0.15, 0.2) is 24.3 Å². The van der Waals surface area contributed by atoms with Crippen LogP contribution in [-0.2, 0) is 6.42 Å². The van der Waals surface area contributed by atoms with Gasteiger partial charge >= 0.3 is 37.7 Å². The molecule has 1 aromatic carbocycles. The molecule has 0 spiro atoms. The predicted molar refractivity (Wildman–Crippen MR) is 75.6 cm³/mol. The Balaban J connectivity index is 0.00000256. The van der Waals surface area contributed by atoms with E-state index in [1.165, 1.54) is 44.9 Å². The average molecular weight is 260 g/mol. The van der Waals surface area contributed by atoms with Gasteiger partial charge in [0.25, 0.3) is 0 Å². The Bertz CT molecular complexity index is 286. The molecule has 2 heteroatoms. The molecule has 0 saturated carbocycles. The zero-order valence-corrected chi connectivity index (χ0v) is 13.3. The van der Waals surface area contributed by atoms with Gasteiger partial charge in [0.05, 0.1) is 0 Å². The molecule has 90 valence electrons. The molecular formula is C15H24CaO+2. The maximum Gasteiger partial charge on any atom is 2.00 e. The van der Waals surface area contributed by atoms with Crippen molar-refractivity contribution in [2.45, 2.75) is 58.3 Å². The smallest absolute Gasteiger partial charge is 0.508 e. The van der Waals surface area contributed by atoms with Gasteiger partial charge in [-0.2, -0.15) is 0 Å². The van der Waals surface area contributed by atoms with Crippen molar-refractivity contribution in [1.82, 2.24) is 0 Å². The normalized spacial score (nSPS) is 9.94. The van der Waals surface area contributed by atoms with Crippen LogP contribution in [0.4, 0.5) is 0 Å². The quantitative estimate of drug-likeness (QED) is 0.545. The zero-order valence-electron chi connectivity index (χ0n) is 11.1. The Morgan fingerprint density at radius 1 is 0.882 bits per heavy atom. The van der Waals surface area contributed by atoms with E-state index in [4.69, 9.17) is 0 Å². The molecule has 1 aromatic rings. The summed E-state index contributed by atoms with van der Waals surface area (Å²) in [7, 11) is 0. The average Bonchev–Trinajstić information content (AvgIpc) is 2.30. The third-order valence-electron chi connectivity index (χ3n) is 3.04. The molecule has 0 aliphatic carbocycles. The number of unbranched alkanes of at least 4 members (excludes halogenated alkanes) is 6. The van der Waals surface area contributed by atoms with Gasteiger partial charge in [0, 0.05) is 0 Å². The van der Waals surface area contributed by atoms with E-state index in [9.17, 15) is 5.11 Å². The Kier molecular flexibility index (Phi) is 11.6. The molecule has 17 heavy (non-hydrogen) atoms. The zero-order chi connectivity index (χ0) is 11.6. The summed E-state index contributed by atoms with van der Waals surface area (Å²) in [6.07, 6.45) is 10.3. The summed E-state index contributed by atoms with van der Waals surface area (Å²) in [4.78, 5) is 0. The number of hydrogen-bond donors (Lipinski definition) is 1. The van der Waals surface area contributed by atoms with Crippen LogP contribution in [0.2, 0.25) is 0 Å². The summed E-state index contributed by atoms with van der Waals surface area (Å²) in [6, 6.07) is 7.67. The molecular weight excluding hydrogens is 236 g/mol. The molecule has 0 aliphatic heterocycles. The van der Waals surface area contributed by atoms with E-state index in [-0.39, 0.29) is 37.7 Å². The number of benzene rings is 1. The number of aryl methyl sites for hydroxylation is 1. The van der Waals surface area contributed by atoms with E-state index in [1.54, 1.807) is 6.07 Å². The minimum absolute atomic E-state index is 0. The molecule has 0 amide bonds. The van der Waals surface area contributed by atoms with Crippen LogP contribution in [0.3, 0.4) is 0 Å². The first-order valence-corrected chi connectivity index (χ1v) is 6.61. The van der Waals surface area contributed by atoms with Gasteiger partial charge in [-0.05, 0) is 24.5 Å². The van der Waals surface area contributed by atoms with Crippen molar-refractivity contribution >= 4 is 37.7 Å². The van der Waals surface area contributed by atoms with Crippen LogP contribution >= 0.6 is 0 Å². The molecule has 1 rings (SSSR count). The fraction of sp³-hybridized carbons (Fsp3) is 0.600. The monoisotopic (exact) mass is 260 g/mol. The molecule has 1 nitrogen and oxygen atoms in total. The predicted octanol–water partition coefficient (Wildman–Crippen LogP) is 4.30. The molecule has 0 aromatic heterocycles. The van der Waals surface area contributed by atoms with Crippen molar-refractivity contribution in [3.05, 3.63) is 29.8 Å². The standard InChI is InChI=1S/C15H24O.Ca/c1-2-3-4-5-6-7-8-11-14-12-9-10-13-15(14)16;/h9-10,12-13,16H,2-8,11H2,1H3;/q;+2. The molecule has 0 bridgehead atoms. The van der Waals surface area contributed by atoms with E-state index in [0.29, 0.717) is 5.75 Å². The number of phenols is 1. The van der Waals surface area contributed by atoms with Crippen LogP contribution < -0.4 is 0 Å². The van der Waals surface area contributed by atoms with Crippen molar-refractivity contribution in [1.29, 1.82) is 0 Å². The van der Waals surface area contributed by atoms with Crippen molar-refractivity contribution < 1.29 is 5.11 Å². The van der Waals surface area contributed by atoms with Crippen molar-refractivity contribution in [3.63, 3.8) is 0 Å². The maximum absolute atomic E-state index is 9.58. The molecule has 0 saturated heterocycles. The number of rotatable bonds is 8. The van der Waals surface area contributed by atoms with Crippen LogP contribution in [-0.4, -0.2) is 42.8 Å². The first-order chi connectivity index (χ1) is 7.84. The number of para-hydroxylation sites is 1. The first-order valence-electron chi connectivity index (χ1n) is 6.61. The van der Waals surface area contributed by atoms with E-state index < -0.39 is 0 Å². The van der Waals surface area contributed by atoms with E-state index in [1.807, 2.05) is 18.2 Å². The Labute approximate surface area is 136 Å². The van der Waals surface area contributed by atoms with Gasteiger partial charge in [-0.3, -0.25) is 0 Å². The Hall–Kier alpha value is 0.280. The van der Waals surface area contributed by atoms with Gasteiger partial charge in [0.2, 0.25) is 0 Å². The number of phenolic OH excluding ortho intramolecular Hbond substituents is 1. The van der Waals surface area contributed by atoms with Gasteiger partial charge in [-0.25, -0.2) is 0 Å². The van der Waals surface area contributed by atoms with Crippen molar-refractivity contribution in [2.75, 3.05) is 0 Å². The summed E-state index contributed by atoms with van der Waals surface area (Å²) in [5, 5.41) is 9.58. The van der Waals surface area contributed by atoms with Gasteiger partial charge in [-0.15, -0.1) is 0 Å². The topological polar surface area (TPSA) is 20.2 Å². The molecule has 0 aliphatic rings. The second kappa shape index (κ2) is 11.4. The van der Waals surface area contributed by atoms with Crippen LogP contribution in [0, 0.1) is 0 Å². The largest absolute Gasteiger partial charge is 2.00 e. The minimum atomic E-state index is 0. The van der Waals surface area contributed by atoms with Crippen molar-refractivity contribution in [3.8, 4) is 5.75 Å². The second-order valence-electron chi connectivity index (χ2n) is 4.50. The van der Waals surface area contributed by atoms with Crippen LogP contribution in [0.25, 0.3) is 0 Å². The minimum Gasteiger partial charge on any atom is -0.508 e. The van der Waals surface area contributed by atoms with Crippen LogP contribution in [0.5, 0.6) is 5.75 Å². The SMILES string of the molecule is CCCCCCCCCc1ccccc1O.[Ca+2]. The summed E-state index contributed by atoms with van der Waals surface area (Å²) < 4.78 is 0. The van der Waals surface area contributed by atoms with Crippen LogP contribution in [0.1, 0.15) is 57.4 Å². The third-order valence-corrected chi connectivity index (χ3v) is 3.04.